The van der Waals surface area contributed by atoms with Crippen molar-refractivity contribution in [1.82, 2.24) is 20.1 Å². The van der Waals surface area contributed by atoms with Crippen molar-refractivity contribution in [2.45, 2.75) is 52.3 Å². The average molecular weight is 356 g/mol. The van der Waals surface area contributed by atoms with Gasteiger partial charge in [-0.2, -0.15) is 5.10 Å². The zero-order valence-corrected chi connectivity index (χ0v) is 15.3. The Morgan fingerprint density at radius 1 is 1.35 bits per heavy atom. The zero-order chi connectivity index (χ0) is 18.8. The molecule has 1 amide bonds. The van der Waals surface area contributed by atoms with Crippen LogP contribution in [0.1, 0.15) is 53.2 Å². The van der Waals surface area contributed by atoms with E-state index in [0.717, 1.165) is 5.69 Å². The fourth-order valence-electron chi connectivity index (χ4n) is 3.61. The molecule has 0 radical (unpaired) electrons. The Hall–Kier alpha value is -2.54. The van der Waals surface area contributed by atoms with Gasteiger partial charge in [0, 0.05) is 11.9 Å². The van der Waals surface area contributed by atoms with E-state index in [2.05, 4.69) is 15.4 Å². The molecule has 2 aromatic heterocycles. The lowest BCUT2D eigenvalue weighted by Gasteiger charge is -2.37. The number of Topliss-reactive ketones (excluding diaryl/α,β-unsaturated/α-hetero) is 1. The molecule has 1 atom stereocenters. The van der Waals surface area contributed by atoms with E-state index in [1.807, 2.05) is 18.2 Å². The number of ketones is 1. The van der Waals surface area contributed by atoms with Crippen molar-refractivity contribution in [2.24, 2.45) is 5.92 Å². The molecule has 1 unspecified atom stereocenters. The minimum atomic E-state index is -0.308. The molecule has 1 saturated carbocycles. The fraction of sp³-hybridized carbons (Fsp3) is 0.474. The minimum Gasteiger partial charge on any atom is -0.393 e. The Kier molecular flexibility index (Phi) is 5.18. The summed E-state index contributed by atoms with van der Waals surface area (Å²) >= 11 is 0. The number of rotatable bonds is 6. The van der Waals surface area contributed by atoms with Crippen LogP contribution in [0.2, 0.25) is 0 Å². The van der Waals surface area contributed by atoms with Gasteiger partial charge in [0.15, 0.2) is 5.78 Å². The number of carbonyl (C=O) groups is 2. The number of amides is 1. The third kappa shape index (κ3) is 3.67. The van der Waals surface area contributed by atoms with Gasteiger partial charge in [0.1, 0.15) is 6.54 Å². The molecule has 138 valence electrons. The molecule has 2 heterocycles. The van der Waals surface area contributed by atoms with Gasteiger partial charge < -0.3 is 10.4 Å². The first kappa shape index (κ1) is 18.3. The number of aliphatic hydroxyl groups is 1. The highest BCUT2D eigenvalue weighted by atomic mass is 16.3. The van der Waals surface area contributed by atoms with Gasteiger partial charge in [-0.15, -0.1) is 0 Å². The molecule has 2 N–H and O–H groups in total. The number of aromatic nitrogens is 3. The summed E-state index contributed by atoms with van der Waals surface area (Å²) in [6.07, 6.45) is 2.69. The zero-order valence-electron chi connectivity index (χ0n) is 15.3. The van der Waals surface area contributed by atoms with Gasteiger partial charge in [-0.25, -0.2) is 0 Å². The van der Waals surface area contributed by atoms with Crippen molar-refractivity contribution >= 4 is 11.7 Å². The van der Waals surface area contributed by atoms with E-state index >= 15 is 0 Å². The van der Waals surface area contributed by atoms with Crippen molar-refractivity contribution in [3.05, 3.63) is 47.0 Å². The van der Waals surface area contributed by atoms with E-state index < -0.39 is 0 Å². The lowest BCUT2D eigenvalue weighted by Crippen LogP contribution is -2.42. The highest BCUT2D eigenvalue weighted by molar-refractivity contribution is 5.96. The second-order valence-electron chi connectivity index (χ2n) is 6.94. The van der Waals surface area contributed by atoms with E-state index in [-0.39, 0.29) is 36.3 Å². The van der Waals surface area contributed by atoms with Gasteiger partial charge >= 0.3 is 0 Å². The third-order valence-electron chi connectivity index (χ3n) is 4.97. The van der Waals surface area contributed by atoms with Crippen molar-refractivity contribution in [1.29, 1.82) is 0 Å². The molecule has 2 aromatic rings. The van der Waals surface area contributed by atoms with Gasteiger partial charge in [-0.3, -0.25) is 19.3 Å². The van der Waals surface area contributed by atoms with Crippen molar-refractivity contribution in [2.75, 3.05) is 0 Å². The Morgan fingerprint density at radius 3 is 2.62 bits per heavy atom. The van der Waals surface area contributed by atoms with Crippen molar-refractivity contribution < 1.29 is 14.7 Å². The molecule has 7 nitrogen and oxygen atoms in total. The normalized spacial score (nSPS) is 20.3. The van der Waals surface area contributed by atoms with Crippen LogP contribution in [0.15, 0.2) is 24.4 Å². The molecule has 3 rings (SSSR count). The Labute approximate surface area is 152 Å². The third-order valence-corrected chi connectivity index (χ3v) is 4.97. The molecule has 26 heavy (non-hydrogen) atoms. The molecular weight excluding hydrogens is 332 g/mol. The second kappa shape index (κ2) is 7.37. The summed E-state index contributed by atoms with van der Waals surface area (Å²) in [5.74, 6) is -0.0821. The number of nitrogens with one attached hydrogen (secondary N) is 1. The molecule has 0 spiro atoms. The van der Waals surface area contributed by atoms with E-state index in [1.54, 1.807) is 24.7 Å². The highest BCUT2D eigenvalue weighted by Gasteiger charge is 2.36. The Morgan fingerprint density at radius 2 is 2.08 bits per heavy atom. The number of hydrogen-bond acceptors (Lipinski definition) is 5. The first-order valence-corrected chi connectivity index (χ1v) is 8.80. The Balaban J connectivity index is 1.75. The van der Waals surface area contributed by atoms with Crippen molar-refractivity contribution in [3.63, 3.8) is 0 Å². The number of carbonyl (C=O) groups excluding carboxylic acids is 2. The first-order chi connectivity index (χ1) is 12.4. The molecule has 0 saturated heterocycles. The number of nitrogens with zero attached hydrogens (tertiary/aromatic N) is 3. The van der Waals surface area contributed by atoms with Crippen LogP contribution in [0.3, 0.4) is 0 Å². The standard InChI is InChI=1S/C19H24N4O3/c1-11-18(13(3)24)12(2)23(22-11)10-17(26)21-19(14-8-15(25)9-14)16-6-4-5-7-20-16/h4-7,14-15,19,25H,8-10H2,1-3H3,(H,21,26). The summed E-state index contributed by atoms with van der Waals surface area (Å²) in [4.78, 5) is 28.7. The number of pyridine rings is 1. The fourth-order valence-corrected chi connectivity index (χ4v) is 3.61. The molecule has 7 heteroatoms. The van der Waals surface area contributed by atoms with Crippen LogP contribution in [0.4, 0.5) is 0 Å². The summed E-state index contributed by atoms with van der Waals surface area (Å²) in [5, 5.41) is 17.0. The van der Waals surface area contributed by atoms with Gasteiger partial charge in [-0.05, 0) is 51.7 Å². The lowest BCUT2D eigenvalue weighted by molar-refractivity contribution is -0.123. The van der Waals surface area contributed by atoms with Gasteiger partial charge in [-0.1, -0.05) is 6.07 Å². The maximum absolute atomic E-state index is 12.6. The largest absolute Gasteiger partial charge is 0.393 e. The topological polar surface area (TPSA) is 97.1 Å². The summed E-state index contributed by atoms with van der Waals surface area (Å²) < 4.78 is 1.56. The summed E-state index contributed by atoms with van der Waals surface area (Å²) in [6, 6.07) is 5.36. The van der Waals surface area contributed by atoms with Gasteiger partial charge in [0.05, 0.1) is 29.1 Å². The highest BCUT2D eigenvalue weighted by Crippen LogP contribution is 2.37. The quantitative estimate of drug-likeness (QED) is 0.768. The molecule has 1 fully saturated rings. The van der Waals surface area contributed by atoms with Crippen LogP contribution >= 0.6 is 0 Å². The first-order valence-electron chi connectivity index (χ1n) is 8.80. The SMILES string of the molecule is CC(=O)c1c(C)nn(CC(=O)NC(c2ccccn2)C2CC(O)C2)c1C. The van der Waals surface area contributed by atoms with Crippen LogP contribution in [0.25, 0.3) is 0 Å². The number of aliphatic hydroxyl groups excluding tert-OH is 1. The Bertz CT molecular complexity index is 810. The second-order valence-corrected chi connectivity index (χ2v) is 6.94. The smallest absolute Gasteiger partial charge is 0.242 e. The monoisotopic (exact) mass is 356 g/mol. The molecule has 0 aliphatic heterocycles. The minimum absolute atomic E-state index is 0.0402. The van der Waals surface area contributed by atoms with Crippen LogP contribution < -0.4 is 5.32 Å². The molecule has 1 aliphatic carbocycles. The van der Waals surface area contributed by atoms with E-state index in [0.29, 0.717) is 29.8 Å². The summed E-state index contributed by atoms with van der Waals surface area (Å²) in [6.45, 7) is 5.10. The maximum atomic E-state index is 12.6. The van der Waals surface area contributed by atoms with Crippen LogP contribution in [-0.2, 0) is 11.3 Å². The molecule has 0 bridgehead atoms. The van der Waals surface area contributed by atoms with Gasteiger partial charge in [0.2, 0.25) is 5.91 Å². The molecule has 1 aliphatic rings. The van der Waals surface area contributed by atoms with E-state index in [4.69, 9.17) is 0 Å². The number of aryl methyl sites for hydroxylation is 1. The van der Waals surface area contributed by atoms with Crippen LogP contribution in [0, 0.1) is 19.8 Å². The molecular formula is C19H24N4O3. The molecule has 0 aromatic carbocycles. The van der Waals surface area contributed by atoms with E-state index in [9.17, 15) is 14.7 Å². The van der Waals surface area contributed by atoms with Gasteiger partial charge in [0.25, 0.3) is 0 Å². The predicted octanol–water partition coefficient (Wildman–Crippen LogP) is 1.73. The predicted molar refractivity (Wildman–Crippen MR) is 95.6 cm³/mol. The van der Waals surface area contributed by atoms with Crippen LogP contribution in [-0.4, -0.2) is 37.7 Å². The maximum Gasteiger partial charge on any atom is 0.242 e. The average Bonchev–Trinajstić information content (AvgIpc) is 2.84. The van der Waals surface area contributed by atoms with E-state index in [1.165, 1.54) is 6.92 Å². The number of hydrogen-bond donors (Lipinski definition) is 2. The summed E-state index contributed by atoms with van der Waals surface area (Å²) in [7, 11) is 0. The summed E-state index contributed by atoms with van der Waals surface area (Å²) in [5.41, 5.74) is 2.68. The van der Waals surface area contributed by atoms with Crippen LogP contribution in [0.5, 0.6) is 0 Å². The van der Waals surface area contributed by atoms with Crippen molar-refractivity contribution in [3.8, 4) is 0 Å². The lowest BCUT2D eigenvalue weighted by atomic mass is 9.76.